The van der Waals surface area contributed by atoms with Crippen LogP contribution in [0.15, 0.2) is 35.7 Å². The van der Waals surface area contributed by atoms with Crippen LogP contribution in [0.1, 0.15) is 34.9 Å². The van der Waals surface area contributed by atoms with Crippen LogP contribution >= 0.6 is 22.9 Å². The largest absolute Gasteiger partial charge is 0.347 e. The van der Waals surface area contributed by atoms with E-state index in [4.69, 9.17) is 4.98 Å². The summed E-state index contributed by atoms with van der Waals surface area (Å²) < 4.78 is 4.33. The quantitative estimate of drug-likeness (QED) is 0.705. The first kappa shape index (κ1) is 15.7. The standard InChI is InChI=1S/C18H20N4S2/c1-13-19-17(24-21-13)22-10-8-18(9-11-22,15-6-4-3-5-7-15)16-12-23-14(2)20-16/h3-7,12H,8-11H2,1-2H3. The van der Waals surface area contributed by atoms with Gasteiger partial charge in [0, 0.05) is 35.4 Å². The molecule has 0 amide bonds. The summed E-state index contributed by atoms with van der Waals surface area (Å²) in [6.07, 6.45) is 2.11. The molecule has 0 N–H and O–H groups in total. The van der Waals surface area contributed by atoms with Crippen molar-refractivity contribution in [1.29, 1.82) is 0 Å². The van der Waals surface area contributed by atoms with Gasteiger partial charge in [-0.05, 0) is 32.3 Å². The van der Waals surface area contributed by atoms with Crippen molar-refractivity contribution in [2.45, 2.75) is 32.1 Å². The third kappa shape index (κ3) is 2.74. The van der Waals surface area contributed by atoms with E-state index in [2.05, 4.69) is 56.9 Å². The molecular weight excluding hydrogens is 336 g/mol. The number of anilines is 1. The zero-order chi connectivity index (χ0) is 16.6. The second-order valence-electron chi connectivity index (χ2n) is 6.31. The first-order valence-corrected chi connectivity index (χ1v) is 9.86. The summed E-state index contributed by atoms with van der Waals surface area (Å²) in [4.78, 5) is 11.8. The van der Waals surface area contributed by atoms with Gasteiger partial charge < -0.3 is 4.90 Å². The van der Waals surface area contributed by atoms with Crippen molar-refractivity contribution in [3.8, 4) is 0 Å². The van der Waals surface area contributed by atoms with Gasteiger partial charge in [-0.15, -0.1) is 11.3 Å². The van der Waals surface area contributed by atoms with E-state index in [1.165, 1.54) is 22.8 Å². The minimum absolute atomic E-state index is 0.0161. The van der Waals surface area contributed by atoms with Gasteiger partial charge in [0.2, 0.25) is 5.13 Å². The van der Waals surface area contributed by atoms with Crippen LogP contribution in [0.25, 0.3) is 0 Å². The number of aryl methyl sites for hydroxylation is 2. The Morgan fingerprint density at radius 3 is 2.38 bits per heavy atom. The highest BCUT2D eigenvalue weighted by molar-refractivity contribution is 7.09. The fourth-order valence-corrected chi connectivity index (χ4v) is 4.96. The van der Waals surface area contributed by atoms with E-state index in [-0.39, 0.29) is 5.41 Å². The minimum atomic E-state index is 0.0161. The molecule has 0 aliphatic carbocycles. The molecule has 1 saturated heterocycles. The average molecular weight is 357 g/mol. The Morgan fingerprint density at radius 1 is 1.04 bits per heavy atom. The lowest BCUT2D eigenvalue weighted by Crippen LogP contribution is -2.43. The normalized spacial score (nSPS) is 17.2. The van der Waals surface area contributed by atoms with E-state index in [0.29, 0.717) is 0 Å². The van der Waals surface area contributed by atoms with Crippen LogP contribution in [-0.2, 0) is 5.41 Å². The lowest BCUT2D eigenvalue weighted by molar-refractivity contribution is 0.384. The number of nitrogens with zero attached hydrogens (tertiary/aromatic N) is 4. The SMILES string of the molecule is Cc1nsc(N2CCC(c3ccccc3)(c3csc(C)n3)CC2)n1. The van der Waals surface area contributed by atoms with Crippen LogP contribution in [0.4, 0.5) is 5.13 Å². The Balaban J connectivity index is 1.66. The smallest absolute Gasteiger partial charge is 0.205 e. The number of aromatic nitrogens is 3. The van der Waals surface area contributed by atoms with Crippen LogP contribution in [-0.4, -0.2) is 27.4 Å². The zero-order valence-electron chi connectivity index (χ0n) is 13.9. The Labute approximate surface area is 150 Å². The van der Waals surface area contributed by atoms with Gasteiger partial charge >= 0.3 is 0 Å². The summed E-state index contributed by atoms with van der Waals surface area (Å²) in [6.45, 7) is 6.02. The highest BCUT2D eigenvalue weighted by atomic mass is 32.1. The van der Waals surface area contributed by atoms with Crippen molar-refractivity contribution in [2.24, 2.45) is 0 Å². The van der Waals surface area contributed by atoms with Crippen molar-refractivity contribution in [1.82, 2.24) is 14.3 Å². The van der Waals surface area contributed by atoms with Crippen LogP contribution in [0.5, 0.6) is 0 Å². The van der Waals surface area contributed by atoms with Crippen molar-refractivity contribution in [3.63, 3.8) is 0 Å². The van der Waals surface area contributed by atoms with Crippen molar-refractivity contribution >= 4 is 28.0 Å². The van der Waals surface area contributed by atoms with Gasteiger partial charge in [0.15, 0.2) is 0 Å². The topological polar surface area (TPSA) is 41.9 Å². The number of hydrogen-bond donors (Lipinski definition) is 0. The molecule has 4 nitrogen and oxygen atoms in total. The summed E-state index contributed by atoms with van der Waals surface area (Å²) in [6, 6.07) is 10.9. The molecule has 0 spiro atoms. The monoisotopic (exact) mass is 356 g/mol. The third-order valence-electron chi connectivity index (χ3n) is 4.84. The highest BCUT2D eigenvalue weighted by Crippen LogP contribution is 2.42. The number of benzene rings is 1. The Morgan fingerprint density at radius 2 is 1.79 bits per heavy atom. The van der Waals surface area contributed by atoms with E-state index < -0.39 is 0 Å². The molecule has 4 rings (SSSR count). The number of hydrogen-bond acceptors (Lipinski definition) is 6. The van der Waals surface area contributed by atoms with Crippen LogP contribution < -0.4 is 4.90 Å². The first-order chi connectivity index (χ1) is 11.7. The molecule has 0 unspecified atom stereocenters. The van der Waals surface area contributed by atoms with Crippen LogP contribution in [0, 0.1) is 13.8 Å². The summed E-state index contributed by atoms with van der Waals surface area (Å²) in [5, 5.41) is 4.43. The Kier molecular flexibility index (Phi) is 4.10. The van der Waals surface area contributed by atoms with E-state index in [1.807, 2.05) is 6.92 Å². The molecule has 3 heterocycles. The fraction of sp³-hybridized carbons (Fsp3) is 0.389. The molecule has 124 valence electrons. The molecule has 0 bridgehead atoms. The van der Waals surface area contributed by atoms with Gasteiger partial charge in [-0.25, -0.2) is 9.97 Å². The van der Waals surface area contributed by atoms with E-state index in [9.17, 15) is 0 Å². The average Bonchev–Trinajstić information content (AvgIpc) is 3.25. The second-order valence-corrected chi connectivity index (χ2v) is 8.10. The van der Waals surface area contributed by atoms with Gasteiger partial charge in [-0.3, -0.25) is 0 Å². The van der Waals surface area contributed by atoms with Crippen molar-refractivity contribution in [2.75, 3.05) is 18.0 Å². The summed E-state index contributed by atoms with van der Waals surface area (Å²) in [5.41, 5.74) is 2.62. The van der Waals surface area contributed by atoms with Gasteiger partial charge in [-0.2, -0.15) is 4.37 Å². The van der Waals surface area contributed by atoms with Gasteiger partial charge in [-0.1, -0.05) is 30.3 Å². The predicted molar refractivity (Wildman–Crippen MR) is 100 cm³/mol. The van der Waals surface area contributed by atoms with Crippen molar-refractivity contribution < 1.29 is 0 Å². The summed E-state index contributed by atoms with van der Waals surface area (Å²) in [7, 11) is 0. The van der Waals surface area contributed by atoms with Crippen LogP contribution in [0.3, 0.4) is 0 Å². The van der Waals surface area contributed by atoms with Gasteiger partial charge in [0.25, 0.3) is 0 Å². The Bertz CT molecular complexity index is 816. The number of thiazole rings is 1. The first-order valence-electron chi connectivity index (χ1n) is 8.21. The van der Waals surface area contributed by atoms with Gasteiger partial charge in [0.1, 0.15) is 5.82 Å². The van der Waals surface area contributed by atoms with Crippen LogP contribution in [0.2, 0.25) is 0 Å². The maximum Gasteiger partial charge on any atom is 0.205 e. The molecule has 0 atom stereocenters. The van der Waals surface area contributed by atoms with Gasteiger partial charge in [0.05, 0.1) is 10.7 Å². The molecule has 0 radical (unpaired) electrons. The molecule has 1 aliphatic heterocycles. The van der Waals surface area contributed by atoms with E-state index in [0.717, 1.165) is 41.9 Å². The molecule has 1 aliphatic rings. The molecular formula is C18H20N4S2. The molecule has 2 aromatic heterocycles. The Hall–Kier alpha value is -1.79. The molecule has 1 aromatic carbocycles. The number of rotatable bonds is 3. The minimum Gasteiger partial charge on any atom is -0.347 e. The second kappa shape index (κ2) is 6.26. The van der Waals surface area contributed by atoms with E-state index >= 15 is 0 Å². The lowest BCUT2D eigenvalue weighted by atomic mass is 9.71. The molecule has 0 saturated carbocycles. The lowest BCUT2D eigenvalue weighted by Gasteiger charge is -2.41. The van der Waals surface area contributed by atoms with E-state index in [1.54, 1.807) is 11.3 Å². The fourth-order valence-electron chi connectivity index (χ4n) is 3.53. The number of piperidine rings is 1. The molecule has 3 aromatic rings. The summed E-state index contributed by atoms with van der Waals surface area (Å²) >= 11 is 3.25. The van der Waals surface area contributed by atoms with Crippen molar-refractivity contribution in [3.05, 3.63) is 57.8 Å². The maximum absolute atomic E-state index is 4.86. The molecule has 1 fully saturated rings. The molecule has 6 heteroatoms. The third-order valence-corrected chi connectivity index (χ3v) is 6.48. The zero-order valence-corrected chi connectivity index (χ0v) is 15.5. The molecule has 24 heavy (non-hydrogen) atoms. The maximum atomic E-state index is 4.86. The summed E-state index contributed by atoms with van der Waals surface area (Å²) in [5.74, 6) is 0.866. The highest BCUT2D eigenvalue weighted by Gasteiger charge is 2.40. The predicted octanol–water partition coefficient (Wildman–Crippen LogP) is 4.20.